The lowest BCUT2D eigenvalue weighted by Crippen LogP contribution is -2.18. The van der Waals surface area contributed by atoms with Crippen molar-refractivity contribution in [3.05, 3.63) is 58.2 Å². The summed E-state index contributed by atoms with van der Waals surface area (Å²) in [6.45, 7) is 5.55. The average Bonchev–Trinajstić information content (AvgIpc) is 2.90. The summed E-state index contributed by atoms with van der Waals surface area (Å²) in [7, 11) is 0. The Bertz CT molecular complexity index is 587. The molecule has 0 bridgehead atoms. The van der Waals surface area contributed by atoms with Crippen molar-refractivity contribution >= 4 is 17.4 Å². The van der Waals surface area contributed by atoms with Gasteiger partial charge in [0.2, 0.25) is 0 Å². The fourth-order valence-corrected chi connectivity index (χ4v) is 2.68. The largest absolute Gasteiger partial charge is 0.348 e. The monoisotopic (exact) mass is 287 g/mol. The van der Waals surface area contributed by atoms with Crippen LogP contribution in [0.5, 0.6) is 0 Å². The molecule has 0 aliphatic carbocycles. The third kappa shape index (κ3) is 2.65. The van der Waals surface area contributed by atoms with Crippen molar-refractivity contribution in [3.8, 4) is 0 Å². The molecular weight excluding hydrogens is 270 g/mol. The number of fused-ring (bicyclic) bond motifs is 1. The van der Waals surface area contributed by atoms with Crippen LogP contribution in [-0.2, 0) is 19.6 Å². The minimum atomic E-state index is 0.712. The van der Waals surface area contributed by atoms with Gasteiger partial charge in [0.1, 0.15) is 5.82 Å². The second kappa shape index (κ2) is 5.81. The first-order valence-electron chi connectivity index (χ1n) is 6.96. The van der Waals surface area contributed by atoms with Gasteiger partial charge < -0.3 is 10.2 Å². The maximum atomic E-state index is 6.21. The third-order valence-corrected chi connectivity index (χ3v) is 3.96. The molecule has 2 aromatic rings. The zero-order valence-electron chi connectivity index (χ0n) is 11.6. The molecule has 20 heavy (non-hydrogen) atoms. The molecule has 0 atom stereocenters. The first-order valence-corrected chi connectivity index (χ1v) is 7.33. The normalized spacial score (nSPS) is 13.6. The number of nitrogens with zero attached hydrogens (tertiary/aromatic N) is 2. The number of aromatic nitrogens is 1. The van der Waals surface area contributed by atoms with Crippen LogP contribution in [0.1, 0.15) is 23.7 Å². The lowest BCUT2D eigenvalue weighted by molar-refractivity contribution is 0.707. The number of anilines is 1. The van der Waals surface area contributed by atoms with E-state index in [2.05, 4.69) is 41.4 Å². The van der Waals surface area contributed by atoms with E-state index >= 15 is 0 Å². The molecule has 0 saturated carbocycles. The van der Waals surface area contributed by atoms with Gasteiger partial charge in [-0.15, -0.1) is 0 Å². The molecule has 0 unspecified atom stereocenters. The molecule has 104 valence electrons. The smallest absolute Gasteiger partial charge is 0.129 e. The van der Waals surface area contributed by atoms with Crippen molar-refractivity contribution in [2.45, 2.75) is 26.6 Å². The first kappa shape index (κ1) is 13.4. The third-order valence-electron chi connectivity index (χ3n) is 3.61. The average molecular weight is 288 g/mol. The van der Waals surface area contributed by atoms with Gasteiger partial charge in [0.15, 0.2) is 0 Å². The Kier molecular flexibility index (Phi) is 3.90. The van der Waals surface area contributed by atoms with E-state index in [4.69, 9.17) is 16.6 Å². The number of benzene rings is 1. The van der Waals surface area contributed by atoms with Crippen LogP contribution < -0.4 is 10.2 Å². The fourth-order valence-electron chi connectivity index (χ4n) is 2.51. The summed E-state index contributed by atoms with van der Waals surface area (Å²) >= 11 is 6.21. The zero-order chi connectivity index (χ0) is 13.9. The molecule has 0 amide bonds. The van der Waals surface area contributed by atoms with Crippen LogP contribution >= 0.6 is 11.6 Å². The highest BCUT2D eigenvalue weighted by molar-refractivity contribution is 6.31. The van der Waals surface area contributed by atoms with Crippen LogP contribution in [0.25, 0.3) is 0 Å². The molecule has 2 heterocycles. The van der Waals surface area contributed by atoms with Gasteiger partial charge in [-0.3, -0.25) is 0 Å². The molecule has 1 aliphatic rings. The van der Waals surface area contributed by atoms with Crippen LogP contribution in [0.3, 0.4) is 0 Å². The van der Waals surface area contributed by atoms with Gasteiger partial charge in [-0.05, 0) is 29.8 Å². The molecule has 1 aromatic heterocycles. The number of hydrogen-bond donors (Lipinski definition) is 1. The number of pyridine rings is 1. The SMILES string of the molecule is CCNCc1nc(N2Cc3ccccc3C2)ccc1Cl. The number of nitrogens with one attached hydrogen (secondary N) is 1. The van der Waals surface area contributed by atoms with E-state index in [0.29, 0.717) is 6.54 Å². The Hall–Kier alpha value is -1.58. The standard InChI is InChI=1S/C16H18ClN3/c1-2-18-9-15-14(17)7-8-16(19-15)20-10-12-5-3-4-6-13(12)11-20/h3-8,18H,2,9-11H2,1H3. The van der Waals surface area contributed by atoms with Crippen molar-refractivity contribution in [1.29, 1.82) is 0 Å². The maximum absolute atomic E-state index is 6.21. The summed E-state index contributed by atoms with van der Waals surface area (Å²) in [6.07, 6.45) is 0. The molecule has 3 rings (SSSR count). The predicted octanol–water partition coefficient (Wildman–Crippen LogP) is 3.36. The van der Waals surface area contributed by atoms with Gasteiger partial charge in [0.05, 0.1) is 10.7 Å². The van der Waals surface area contributed by atoms with Crippen molar-refractivity contribution in [2.75, 3.05) is 11.4 Å². The quantitative estimate of drug-likeness (QED) is 0.934. The summed E-state index contributed by atoms with van der Waals surface area (Å²) in [5, 5.41) is 4.00. The summed E-state index contributed by atoms with van der Waals surface area (Å²) in [4.78, 5) is 6.99. The zero-order valence-corrected chi connectivity index (χ0v) is 12.3. The minimum Gasteiger partial charge on any atom is -0.348 e. The van der Waals surface area contributed by atoms with E-state index < -0.39 is 0 Å². The predicted molar refractivity (Wildman–Crippen MR) is 83.0 cm³/mol. The van der Waals surface area contributed by atoms with Gasteiger partial charge in [-0.25, -0.2) is 4.98 Å². The lowest BCUT2D eigenvalue weighted by atomic mass is 10.1. The summed E-state index contributed by atoms with van der Waals surface area (Å²) in [5.41, 5.74) is 3.69. The van der Waals surface area contributed by atoms with E-state index in [0.717, 1.165) is 36.2 Å². The number of hydrogen-bond acceptors (Lipinski definition) is 3. The maximum Gasteiger partial charge on any atom is 0.129 e. The van der Waals surface area contributed by atoms with Gasteiger partial charge in [0, 0.05) is 19.6 Å². The van der Waals surface area contributed by atoms with Crippen molar-refractivity contribution in [2.24, 2.45) is 0 Å². The Morgan fingerprint density at radius 2 is 1.85 bits per heavy atom. The Morgan fingerprint density at radius 1 is 1.15 bits per heavy atom. The van der Waals surface area contributed by atoms with Crippen LogP contribution in [0, 0.1) is 0 Å². The highest BCUT2D eigenvalue weighted by Crippen LogP contribution is 2.28. The molecule has 4 heteroatoms. The molecule has 1 aromatic carbocycles. The highest BCUT2D eigenvalue weighted by Gasteiger charge is 2.20. The Morgan fingerprint density at radius 3 is 2.50 bits per heavy atom. The van der Waals surface area contributed by atoms with Gasteiger partial charge in [0.25, 0.3) is 0 Å². The van der Waals surface area contributed by atoms with Crippen LogP contribution in [0.2, 0.25) is 5.02 Å². The fraction of sp³-hybridized carbons (Fsp3) is 0.312. The summed E-state index contributed by atoms with van der Waals surface area (Å²) in [5.74, 6) is 0.999. The molecule has 0 radical (unpaired) electrons. The first-order chi connectivity index (χ1) is 9.78. The van der Waals surface area contributed by atoms with Crippen LogP contribution in [0.15, 0.2) is 36.4 Å². The molecule has 0 saturated heterocycles. The molecule has 1 aliphatic heterocycles. The van der Waals surface area contributed by atoms with Crippen LogP contribution in [-0.4, -0.2) is 11.5 Å². The van der Waals surface area contributed by atoms with Crippen molar-refractivity contribution in [1.82, 2.24) is 10.3 Å². The number of rotatable bonds is 4. The van der Waals surface area contributed by atoms with Gasteiger partial charge >= 0.3 is 0 Å². The second-order valence-corrected chi connectivity index (χ2v) is 5.41. The minimum absolute atomic E-state index is 0.712. The van der Waals surface area contributed by atoms with E-state index in [1.807, 2.05) is 12.1 Å². The lowest BCUT2D eigenvalue weighted by Gasteiger charge is -2.18. The summed E-state index contributed by atoms with van der Waals surface area (Å²) < 4.78 is 0. The van der Waals surface area contributed by atoms with Crippen molar-refractivity contribution in [3.63, 3.8) is 0 Å². The van der Waals surface area contributed by atoms with E-state index in [1.165, 1.54) is 11.1 Å². The molecule has 1 N–H and O–H groups in total. The molecule has 3 nitrogen and oxygen atoms in total. The van der Waals surface area contributed by atoms with E-state index in [1.54, 1.807) is 0 Å². The van der Waals surface area contributed by atoms with E-state index in [-0.39, 0.29) is 0 Å². The highest BCUT2D eigenvalue weighted by atomic mass is 35.5. The second-order valence-electron chi connectivity index (χ2n) is 5.00. The summed E-state index contributed by atoms with van der Waals surface area (Å²) in [6, 6.07) is 12.5. The molecule has 0 spiro atoms. The van der Waals surface area contributed by atoms with E-state index in [9.17, 15) is 0 Å². The number of halogens is 1. The van der Waals surface area contributed by atoms with Crippen molar-refractivity contribution < 1.29 is 0 Å². The van der Waals surface area contributed by atoms with Crippen LogP contribution in [0.4, 0.5) is 5.82 Å². The Balaban J connectivity index is 1.82. The topological polar surface area (TPSA) is 28.2 Å². The Labute approximate surface area is 124 Å². The molecule has 0 fully saturated rings. The van der Waals surface area contributed by atoms with Gasteiger partial charge in [-0.2, -0.15) is 0 Å². The van der Waals surface area contributed by atoms with Gasteiger partial charge in [-0.1, -0.05) is 42.8 Å². The molecular formula is C16H18ClN3.